The van der Waals surface area contributed by atoms with Crippen molar-refractivity contribution in [1.82, 2.24) is 10.0 Å². The molecule has 0 unspecified atom stereocenters. The molecule has 0 aliphatic heterocycles. The van der Waals surface area contributed by atoms with Crippen LogP contribution < -0.4 is 15.4 Å². The van der Waals surface area contributed by atoms with Crippen LogP contribution in [0.3, 0.4) is 0 Å². The molecule has 34 heavy (non-hydrogen) atoms. The predicted octanol–water partition coefficient (Wildman–Crippen LogP) is 4.63. The number of hydrogen-bond donors (Lipinski definition) is 3. The van der Waals surface area contributed by atoms with Gasteiger partial charge in [0, 0.05) is 17.8 Å². The van der Waals surface area contributed by atoms with Gasteiger partial charge >= 0.3 is 0 Å². The van der Waals surface area contributed by atoms with Crippen LogP contribution in [0.5, 0.6) is 0 Å². The maximum Gasteiger partial charge on any atom is 0.257 e. The second kappa shape index (κ2) is 10.9. The van der Waals surface area contributed by atoms with Gasteiger partial charge in [-0.15, -0.1) is 0 Å². The SMILES string of the molecule is CC(C)(C)c1ccc(C(=O)NC(=S)Nc2ccc(S(=O)(=O)NCCc3ccccc3)cc2)cc1. The fourth-order valence-electron chi connectivity index (χ4n) is 3.23. The number of sulfonamides is 1. The van der Waals surface area contributed by atoms with Crippen molar-refractivity contribution in [3.8, 4) is 0 Å². The van der Waals surface area contributed by atoms with Gasteiger partial charge < -0.3 is 5.32 Å². The van der Waals surface area contributed by atoms with Crippen molar-refractivity contribution in [1.29, 1.82) is 0 Å². The zero-order valence-electron chi connectivity index (χ0n) is 19.5. The number of nitrogens with one attached hydrogen (secondary N) is 3. The molecule has 0 saturated carbocycles. The third-order valence-electron chi connectivity index (χ3n) is 5.21. The molecule has 0 fully saturated rings. The molecule has 0 saturated heterocycles. The van der Waals surface area contributed by atoms with Crippen molar-refractivity contribution in [3.63, 3.8) is 0 Å². The van der Waals surface area contributed by atoms with Crippen LogP contribution in [0.25, 0.3) is 0 Å². The Morgan fingerprint density at radius 2 is 1.50 bits per heavy atom. The molecule has 8 heteroatoms. The van der Waals surface area contributed by atoms with Crippen LogP contribution in [-0.2, 0) is 21.9 Å². The Balaban J connectivity index is 1.53. The number of thiocarbonyl (C=S) groups is 1. The van der Waals surface area contributed by atoms with E-state index in [1.807, 2.05) is 42.5 Å². The Labute approximate surface area is 206 Å². The molecule has 0 aliphatic rings. The number of hydrogen-bond acceptors (Lipinski definition) is 4. The topological polar surface area (TPSA) is 87.3 Å². The summed E-state index contributed by atoms with van der Waals surface area (Å²) in [5.74, 6) is -0.320. The highest BCUT2D eigenvalue weighted by Crippen LogP contribution is 2.22. The molecular formula is C26H29N3O3S2. The fourth-order valence-corrected chi connectivity index (χ4v) is 4.48. The highest BCUT2D eigenvalue weighted by Gasteiger charge is 2.16. The largest absolute Gasteiger partial charge is 0.332 e. The smallest absolute Gasteiger partial charge is 0.257 e. The summed E-state index contributed by atoms with van der Waals surface area (Å²) in [7, 11) is -3.63. The van der Waals surface area contributed by atoms with E-state index in [1.165, 1.54) is 12.1 Å². The van der Waals surface area contributed by atoms with Crippen LogP contribution in [0.15, 0.2) is 83.8 Å². The van der Waals surface area contributed by atoms with Gasteiger partial charge in [-0.05, 0) is 71.6 Å². The number of amides is 1. The summed E-state index contributed by atoms with van der Waals surface area (Å²) in [4.78, 5) is 12.6. The van der Waals surface area contributed by atoms with E-state index in [0.717, 1.165) is 11.1 Å². The molecule has 0 aliphatic carbocycles. The van der Waals surface area contributed by atoms with E-state index in [9.17, 15) is 13.2 Å². The Bertz CT molecular complexity index is 1230. The van der Waals surface area contributed by atoms with E-state index in [0.29, 0.717) is 24.2 Å². The van der Waals surface area contributed by atoms with Crippen molar-refractivity contribution in [2.45, 2.75) is 37.5 Å². The van der Waals surface area contributed by atoms with Crippen LogP contribution in [0.1, 0.15) is 42.3 Å². The van der Waals surface area contributed by atoms with Gasteiger partial charge in [-0.2, -0.15) is 0 Å². The standard InChI is InChI=1S/C26H29N3O3S2/c1-26(2,3)21-11-9-20(10-12-21)24(30)29-25(33)28-22-13-15-23(16-14-22)34(31,32)27-18-17-19-7-5-4-6-8-19/h4-16,27H,17-18H2,1-3H3,(H2,28,29,30,33). The van der Waals surface area contributed by atoms with Crippen molar-refractivity contribution >= 4 is 38.9 Å². The Kier molecular flexibility index (Phi) is 8.19. The summed E-state index contributed by atoms with van der Waals surface area (Å²) < 4.78 is 27.7. The van der Waals surface area contributed by atoms with Crippen molar-refractivity contribution in [3.05, 3.63) is 95.6 Å². The zero-order chi connectivity index (χ0) is 24.8. The van der Waals surface area contributed by atoms with Gasteiger partial charge in [0.15, 0.2) is 5.11 Å². The first-order valence-electron chi connectivity index (χ1n) is 10.9. The molecule has 0 heterocycles. The number of carbonyl (C=O) groups is 1. The number of anilines is 1. The van der Waals surface area contributed by atoms with E-state index < -0.39 is 10.0 Å². The van der Waals surface area contributed by atoms with E-state index in [1.54, 1.807) is 24.3 Å². The maximum absolute atomic E-state index is 12.5. The lowest BCUT2D eigenvalue weighted by atomic mass is 9.87. The highest BCUT2D eigenvalue weighted by atomic mass is 32.2. The summed E-state index contributed by atoms with van der Waals surface area (Å²) in [5, 5.41) is 5.67. The van der Waals surface area contributed by atoms with E-state index in [-0.39, 0.29) is 21.3 Å². The molecule has 0 radical (unpaired) electrons. The van der Waals surface area contributed by atoms with Crippen molar-refractivity contribution in [2.75, 3.05) is 11.9 Å². The van der Waals surface area contributed by atoms with Crippen molar-refractivity contribution < 1.29 is 13.2 Å². The van der Waals surface area contributed by atoms with Gasteiger partial charge in [-0.25, -0.2) is 13.1 Å². The fraction of sp³-hybridized carbons (Fsp3) is 0.231. The van der Waals surface area contributed by atoms with Crippen LogP contribution in [-0.4, -0.2) is 26.0 Å². The van der Waals surface area contributed by atoms with Crippen LogP contribution in [0.4, 0.5) is 5.69 Å². The Morgan fingerprint density at radius 3 is 2.09 bits per heavy atom. The number of carbonyl (C=O) groups excluding carboxylic acids is 1. The summed E-state index contributed by atoms with van der Waals surface area (Å²) in [5.41, 5.74) is 3.26. The lowest BCUT2D eigenvalue weighted by Gasteiger charge is -2.19. The van der Waals surface area contributed by atoms with Gasteiger partial charge in [0.05, 0.1) is 4.90 Å². The molecule has 6 nitrogen and oxygen atoms in total. The lowest BCUT2D eigenvalue weighted by molar-refractivity contribution is 0.0977. The predicted molar refractivity (Wildman–Crippen MR) is 141 cm³/mol. The average molecular weight is 496 g/mol. The Hall–Kier alpha value is -3.07. The summed E-state index contributed by atoms with van der Waals surface area (Å²) in [6, 6.07) is 23.2. The molecular weight excluding hydrogens is 466 g/mol. The van der Waals surface area contributed by atoms with Gasteiger partial charge in [0.25, 0.3) is 5.91 Å². The first kappa shape index (κ1) is 25.6. The van der Waals surface area contributed by atoms with Gasteiger partial charge in [-0.1, -0.05) is 63.2 Å². The van der Waals surface area contributed by atoms with Gasteiger partial charge in [0.1, 0.15) is 0 Å². The van der Waals surface area contributed by atoms with Gasteiger partial charge in [0.2, 0.25) is 10.0 Å². The molecule has 178 valence electrons. The molecule has 0 aromatic heterocycles. The molecule has 0 bridgehead atoms. The monoisotopic (exact) mass is 495 g/mol. The van der Waals surface area contributed by atoms with Gasteiger partial charge in [-0.3, -0.25) is 10.1 Å². The van der Waals surface area contributed by atoms with Crippen molar-refractivity contribution in [2.24, 2.45) is 0 Å². The van der Waals surface area contributed by atoms with Crippen LogP contribution >= 0.6 is 12.2 Å². The summed E-state index contributed by atoms with van der Waals surface area (Å²) in [6.07, 6.45) is 0.604. The first-order chi connectivity index (χ1) is 16.0. The Morgan fingerprint density at radius 1 is 0.882 bits per heavy atom. The lowest BCUT2D eigenvalue weighted by Crippen LogP contribution is -2.34. The molecule has 1 amide bonds. The first-order valence-corrected chi connectivity index (χ1v) is 12.8. The van der Waals surface area contributed by atoms with Crippen LogP contribution in [0, 0.1) is 0 Å². The minimum absolute atomic E-state index is 0.00290. The maximum atomic E-state index is 12.5. The zero-order valence-corrected chi connectivity index (χ0v) is 21.1. The van der Waals surface area contributed by atoms with E-state index >= 15 is 0 Å². The molecule has 3 N–H and O–H groups in total. The quantitative estimate of drug-likeness (QED) is 0.416. The second-order valence-electron chi connectivity index (χ2n) is 8.89. The molecule has 0 spiro atoms. The minimum Gasteiger partial charge on any atom is -0.332 e. The van der Waals surface area contributed by atoms with Crippen LogP contribution in [0.2, 0.25) is 0 Å². The molecule has 3 aromatic carbocycles. The third-order valence-corrected chi connectivity index (χ3v) is 6.89. The number of rotatable bonds is 7. The molecule has 3 aromatic rings. The summed E-state index contributed by atoms with van der Waals surface area (Å²) in [6.45, 7) is 6.63. The van der Waals surface area contributed by atoms with E-state index in [2.05, 4.69) is 36.1 Å². The average Bonchev–Trinajstić information content (AvgIpc) is 2.79. The highest BCUT2D eigenvalue weighted by molar-refractivity contribution is 7.89. The third kappa shape index (κ3) is 7.21. The summed E-state index contributed by atoms with van der Waals surface area (Å²) >= 11 is 5.23. The minimum atomic E-state index is -3.63. The van der Waals surface area contributed by atoms with E-state index in [4.69, 9.17) is 12.2 Å². The molecule has 3 rings (SSSR count). The molecule has 0 atom stereocenters. The number of benzene rings is 3. The normalized spacial score (nSPS) is 11.6. The second-order valence-corrected chi connectivity index (χ2v) is 11.1.